The number of aryl methyl sites for hydroxylation is 2. The van der Waals surface area contributed by atoms with Crippen molar-refractivity contribution >= 4 is 38.8 Å². The number of rotatable bonds is 3. The van der Waals surface area contributed by atoms with Crippen LogP contribution < -0.4 is 5.32 Å². The Kier molecular flexibility index (Phi) is 2.78. The van der Waals surface area contributed by atoms with E-state index in [1.54, 1.807) is 22.0 Å². The third-order valence-corrected chi connectivity index (χ3v) is 5.68. The van der Waals surface area contributed by atoms with E-state index in [1.165, 1.54) is 34.5 Å². The summed E-state index contributed by atoms with van der Waals surface area (Å²) in [7, 11) is 0. The second-order valence-electron chi connectivity index (χ2n) is 4.90. The second-order valence-corrected chi connectivity index (χ2v) is 6.89. The van der Waals surface area contributed by atoms with Crippen LogP contribution in [0.15, 0.2) is 30.3 Å². The minimum Gasteiger partial charge on any atom is -0.370 e. The zero-order valence-corrected chi connectivity index (χ0v) is 12.1. The van der Waals surface area contributed by atoms with Gasteiger partial charge in [0.15, 0.2) is 0 Å². The summed E-state index contributed by atoms with van der Waals surface area (Å²) in [5.74, 6) is 0. The largest absolute Gasteiger partial charge is 0.370 e. The van der Waals surface area contributed by atoms with Crippen LogP contribution in [-0.2, 0) is 19.4 Å². The van der Waals surface area contributed by atoms with E-state index < -0.39 is 0 Å². The first kappa shape index (κ1) is 11.4. The molecule has 0 amide bonds. The Hall–Kier alpha value is -1.39. The second kappa shape index (κ2) is 4.62. The number of hydrogen-bond donors (Lipinski definition) is 1. The lowest BCUT2D eigenvalue weighted by atomic mass is 10.2. The molecular weight excluding hydrogens is 272 g/mol. The topological polar surface area (TPSA) is 24.9 Å². The Bertz CT molecular complexity index is 705. The van der Waals surface area contributed by atoms with Crippen molar-refractivity contribution < 1.29 is 0 Å². The van der Waals surface area contributed by atoms with Crippen molar-refractivity contribution in [2.45, 2.75) is 25.8 Å². The molecule has 0 saturated carbocycles. The van der Waals surface area contributed by atoms with Gasteiger partial charge in [0.2, 0.25) is 0 Å². The molecular formula is C15H14N2S2. The van der Waals surface area contributed by atoms with Gasteiger partial charge in [-0.15, -0.1) is 11.3 Å². The summed E-state index contributed by atoms with van der Waals surface area (Å²) >= 11 is 3.53. The first-order chi connectivity index (χ1) is 9.40. The Labute approximate surface area is 120 Å². The van der Waals surface area contributed by atoms with Gasteiger partial charge < -0.3 is 5.32 Å². The van der Waals surface area contributed by atoms with Crippen molar-refractivity contribution in [1.29, 1.82) is 0 Å². The fourth-order valence-corrected chi connectivity index (χ4v) is 4.62. The van der Waals surface area contributed by atoms with Crippen molar-refractivity contribution in [3.8, 4) is 0 Å². The molecule has 4 heteroatoms. The first-order valence-electron chi connectivity index (χ1n) is 6.59. The van der Waals surface area contributed by atoms with Gasteiger partial charge in [-0.3, -0.25) is 0 Å². The predicted molar refractivity (Wildman–Crippen MR) is 83.3 cm³/mol. The molecule has 3 aromatic rings. The fourth-order valence-electron chi connectivity index (χ4n) is 2.66. The highest BCUT2D eigenvalue weighted by Gasteiger charge is 2.14. The number of thiophene rings is 1. The molecule has 0 bridgehead atoms. The smallest absolute Gasteiger partial charge is 0.117 e. The van der Waals surface area contributed by atoms with E-state index in [-0.39, 0.29) is 0 Å². The molecule has 2 heterocycles. The highest BCUT2D eigenvalue weighted by Crippen LogP contribution is 2.32. The number of nitrogens with one attached hydrogen (secondary N) is 1. The number of hydrogen-bond acceptors (Lipinski definition) is 4. The van der Waals surface area contributed by atoms with Gasteiger partial charge in [0.1, 0.15) is 5.00 Å². The van der Waals surface area contributed by atoms with Crippen LogP contribution in [0.5, 0.6) is 0 Å². The zero-order chi connectivity index (χ0) is 12.7. The molecule has 2 aromatic heterocycles. The molecule has 0 spiro atoms. The van der Waals surface area contributed by atoms with E-state index in [2.05, 4.69) is 34.0 Å². The molecule has 0 aliphatic heterocycles. The number of nitrogens with zero attached hydrogens (tertiary/aromatic N) is 1. The van der Waals surface area contributed by atoms with Crippen LogP contribution in [0, 0.1) is 0 Å². The number of anilines is 1. The lowest BCUT2D eigenvalue weighted by Gasteiger charge is -2.01. The molecule has 0 saturated heterocycles. The van der Waals surface area contributed by atoms with Crippen LogP contribution in [0.1, 0.15) is 21.7 Å². The normalized spacial score (nSPS) is 13.9. The quantitative estimate of drug-likeness (QED) is 0.769. The Morgan fingerprint density at radius 1 is 1.21 bits per heavy atom. The van der Waals surface area contributed by atoms with Crippen LogP contribution in [-0.4, -0.2) is 4.37 Å². The summed E-state index contributed by atoms with van der Waals surface area (Å²) in [5, 5.41) is 5.96. The summed E-state index contributed by atoms with van der Waals surface area (Å²) in [6, 6.07) is 10.7. The van der Waals surface area contributed by atoms with Crippen molar-refractivity contribution in [3.63, 3.8) is 0 Å². The highest BCUT2D eigenvalue weighted by atomic mass is 32.1. The molecule has 1 N–H and O–H groups in total. The van der Waals surface area contributed by atoms with E-state index in [0.717, 1.165) is 12.1 Å². The van der Waals surface area contributed by atoms with Crippen LogP contribution >= 0.6 is 22.9 Å². The standard InChI is InChI=1S/C15H14N2S2/c1-2-6-13-12(5-1)15(19-17-13)16-9-11-8-10-4-3-7-14(10)18-11/h1-2,5-6,8,16H,3-4,7,9H2. The monoisotopic (exact) mass is 286 g/mol. The Balaban J connectivity index is 1.55. The summed E-state index contributed by atoms with van der Waals surface area (Å²) in [6.45, 7) is 0.920. The highest BCUT2D eigenvalue weighted by molar-refractivity contribution is 7.12. The van der Waals surface area contributed by atoms with E-state index in [9.17, 15) is 0 Å². The van der Waals surface area contributed by atoms with Crippen molar-refractivity contribution in [2.24, 2.45) is 0 Å². The lowest BCUT2D eigenvalue weighted by Crippen LogP contribution is -1.95. The first-order valence-corrected chi connectivity index (χ1v) is 8.18. The summed E-state index contributed by atoms with van der Waals surface area (Å²) in [4.78, 5) is 3.05. The molecule has 4 rings (SSSR count). The Morgan fingerprint density at radius 2 is 2.16 bits per heavy atom. The van der Waals surface area contributed by atoms with E-state index in [4.69, 9.17) is 0 Å². The summed E-state index contributed by atoms with van der Waals surface area (Å²) in [5.41, 5.74) is 2.67. The summed E-state index contributed by atoms with van der Waals surface area (Å²) in [6.07, 6.45) is 3.90. The van der Waals surface area contributed by atoms with Gasteiger partial charge in [0, 0.05) is 15.1 Å². The number of fused-ring (bicyclic) bond motifs is 2. The van der Waals surface area contributed by atoms with Gasteiger partial charge in [-0.2, -0.15) is 4.37 Å². The number of aromatic nitrogens is 1. The zero-order valence-electron chi connectivity index (χ0n) is 10.5. The van der Waals surface area contributed by atoms with E-state index >= 15 is 0 Å². The van der Waals surface area contributed by atoms with E-state index in [1.807, 2.05) is 17.4 Å². The maximum absolute atomic E-state index is 4.46. The molecule has 0 radical (unpaired) electrons. The summed E-state index contributed by atoms with van der Waals surface area (Å²) < 4.78 is 4.46. The van der Waals surface area contributed by atoms with Crippen LogP contribution in [0.25, 0.3) is 10.9 Å². The van der Waals surface area contributed by atoms with Crippen molar-refractivity contribution in [3.05, 3.63) is 45.6 Å². The predicted octanol–water partition coefficient (Wildman–Crippen LogP) is 4.46. The van der Waals surface area contributed by atoms with Gasteiger partial charge in [-0.25, -0.2) is 0 Å². The maximum Gasteiger partial charge on any atom is 0.117 e. The third-order valence-electron chi connectivity index (χ3n) is 3.60. The molecule has 1 aromatic carbocycles. The van der Waals surface area contributed by atoms with Gasteiger partial charge in [0.05, 0.1) is 12.1 Å². The average molecular weight is 286 g/mol. The van der Waals surface area contributed by atoms with Gasteiger partial charge in [0.25, 0.3) is 0 Å². The van der Waals surface area contributed by atoms with E-state index in [0.29, 0.717) is 0 Å². The minimum absolute atomic E-state index is 0.920. The molecule has 0 unspecified atom stereocenters. The molecule has 19 heavy (non-hydrogen) atoms. The molecule has 1 aliphatic rings. The molecule has 1 aliphatic carbocycles. The SMILES string of the molecule is c1ccc2c(NCc3cc4c(s3)CCC4)snc2c1. The molecule has 0 atom stereocenters. The van der Waals surface area contributed by atoms with Crippen LogP contribution in [0.2, 0.25) is 0 Å². The Morgan fingerprint density at radius 3 is 3.11 bits per heavy atom. The lowest BCUT2D eigenvalue weighted by molar-refractivity contribution is 0.913. The van der Waals surface area contributed by atoms with Crippen LogP contribution in [0.4, 0.5) is 5.00 Å². The third kappa shape index (κ3) is 2.05. The van der Waals surface area contributed by atoms with Gasteiger partial charge in [-0.05, 0) is 54.6 Å². The maximum atomic E-state index is 4.46. The minimum atomic E-state index is 0.920. The number of benzene rings is 1. The van der Waals surface area contributed by atoms with Gasteiger partial charge in [-0.1, -0.05) is 12.1 Å². The van der Waals surface area contributed by atoms with Crippen molar-refractivity contribution in [2.75, 3.05) is 5.32 Å². The fraction of sp³-hybridized carbons (Fsp3) is 0.267. The molecule has 96 valence electrons. The average Bonchev–Trinajstić information content (AvgIpc) is 3.10. The molecule has 0 fully saturated rings. The molecule has 2 nitrogen and oxygen atoms in total. The van der Waals surface area contributed by atoms with Gasteiger partial charge >= 0.3 is 0 Å². The van der Waals surface area contributed by atoms with Crippen LogP contribution in [0.3, 0.4) is 0 Å². The van der Waals surface area contributed by atoms with Crippen molar-refractivity contribution in [1.82, 2.24) is 4.37 Å².